The van der Waals surface area contributed by atoms with Crippen LogP contribution in [-0.4, -0.2) is 6.41 Å². The van der Waals surface area contributed by atoms with Crippen LogP contribution in [-0.2, 0) is 4.79 Å². The van der Waals surface area contributed by atoms with Crippen LogP contribution in [0, 0.1) is 0 Å². The lowest BCUT2D eigenvalue weighted by molar-refractivity contribution is 0.553. The van der Waals surface area contributed by atoms with Gasteiger partial charge in [0.25, 0.3) is 0 Å². The standard InChI is InChI=1S/C9H6NO2/c11-6-10-9-8-4-2-1-3-7(8)5-12-9/h1-5H,(H,10,11). The first-order chi connectivity index (χ1) is 5.92. The highest BCUT2D eigenvalue weighted by atomic mass is 16.3. The Labute approximate surface area is 69.0 Å². The van der Waals surface area contributed by atoms with Crippen LogP contribution in [0.25, 0.3) is 10.8 Å². The number of benzene rings is 1. The zero-order chi connectivity index (χ0) is 8.39. The lowest BCUT2D eigenvalue weighted by atomic mass is 10.2. The summed E-state index contributed by atoms with van der Waals surface area (Å²) in [6, 6.07) is 7.58. The highest BCUT2D eigenvalue weighted by Crippen LogP contribution is 2.24. The van der Waals surface area contributed by atoms with E-state index in [1.165, 1.54) is 0 Å². The van der Waals surface area contributed by atoms with Crippen molar-refractivity contribution in [3.8, 4) is 0 Å². The molecule has 2 aromatic rings. The van der Waals surface area contributed by atoms with Crippen molar-refractivity contribution in [3.63, 3.8) is 0 Å². The molecule has 0 atom stereocenters. The van der Waals surface area contributed by atoms with Gasteiger partial charge in [-0.05, 0) is 6.07 Å². The Bertz CT molecular complexity index is 406. The van der Waals surface area contributed by atoms with Crippen LogP contribution in [0.5, 0.6) is 0 Å². The summed E-state index contributed by atoms with van der Waals surface area (Å²) in [5, 5.41) is 4.22. The van der Waals surface area contributed by atoms with Gasteiger partial charge in [-0.3, -0.25) is 10.1 Å². The number of hydrogen-bond donors (Lipinski definition) is 1. The average molecular weight is 160 g/mol. The third-order valence-electron chi connectivity index (χ3n) is 1.67. The van der Waals surface area contributed by atoms with Crippen molar-refractivity contribution in [2.75, 3.05) is 5.32 Å². The largest absolute Gasteiger partial charge is 0.447 e. The zero-order valence-electron chi connectivity index (χ0n) is 6.20. The second kappa shape index (κ2) is 2.70. The van der Waals surface area contributed by atoms with Crippen molar-refractivity contribution in [2.45, 2.75) is 0 Å². The van der Waals surface area contributed by atoms with Crippen molar-refractivity contribution in [1.82, 2.24) is 0 Å². The van der Waals surface area contributed by atoms with E-state index < -0.39 is 0 Å². The maximum atomic E-state index is 10.0. The first kappa shape index (κ1) is 6.91. The van der Waals surface area contributed by atoms with E-state index in [1.54, 1.807) is 12.7 Å². The minimum Gasteiger partial charge on any atom is -0.447 e. The van der Waals surface area contributed by atoms with E-state index in [0.29, 0.717) is 5.88 Å². The first-order valence-corrected chi connectivity index (χ1v) is 3.51. The van der Waals surface area contributed by atoms with Crippen molar-refractivity contribution < 1.29 is 9.21 Å². The highest BCUT2D eigenvalue weighted by molar-refractivity contribution is 5.94. The topological polar surface area (TPSA) is 42.2 Å². The van der Waals surface area contributed by atoms with Crippen LogP contribution in [0.1, 0.15) is 0 Å². The quantitative estimate of drug-likeness (QED) is 0.682. The van der Waals surface area contributed by atoms with Crippen molar-refractivity contribution in [3.05, 3.63) is 30.5 Å². The predicted octanol–water partition coefficient (Wildman–Crippen LogP) is 1.91. The Morgan fingerprint density at radius 1 is 1.33 bits per heavy atom. The van der Waals surface area contributed by atoms with Crippen molar-refractivity contribution in [1.29, 1.82) is 0 Å². The molecule has 0 aliphatic rings. The fourth-order valence-corrected chi connectivity index (χ4v) is 1.14. The van der Waals surface area contributed by atoms with Crippen LogP contribution < -0.4 is 5.32 Å². The summed E-state index contributed by atoms with van der Waals surface area (Å²) in [5.41, 5.74) is 0. The monoisotopic (exact) mass is 160 g/mol. The lowest BCUT2D eigenvalue weighted by Gasteiger charge is -1.90. The van der Waals surface area contributed by atoms with E-state index in [9.17, 15) is 4.79 Å². The summed E-state index contributed by atoms with van der Waals surface area (Å²) >= 11 is 0. The number of furan rings is 1. The molecule has 0 bridgehead atoms. The molecule has 0 saturated carbocycles. The normalized spacial score (nSPS) is 10.0. The average Bonchev–Trinajstić information content (AvgIpc) is 2.50. The third-order valence-corrected chi connectivity index (χ3v) is 1.67. The molecular formula is C9H6NO2. The van der Waals surface area contributed by atoms with E-state index >= 15 is 0 Å². The minimum atomic E-state index is 0.445. The summed E-state index contributed by atoms with van der Waals surface area (Å²) in [5.74, 6) is 0.445. The molecule has 59 valence electrons. The summed E-state index contributed by atoms with van der Waals surface area (Å²) in [4.78, 5) is 10.0. The molecule has 0 saturated heterocycles. The summed E-state index contributed by atoms with van der Waals surface area (Å²) in [7, 11) is 0. The number of fused-ring (bicyclic) bond motifs is 1. The number of amides is 1. The molecule has 1 N–H and O–H groups in total. The summed E-state index contributed by atoms with van der Waals surface area (Å²) in [6.07, 6.45) is 3.16. The Morgan fingerprint density at radius 3 is 3.00 bits per heavy atom. The second-order valence-corrected chi connectivity index (χ2v) is 2.38. The molecule has 3 nitrogen and oxygen atoms in total. The van der Waals surface area contributed by atoms with E-state index in [1.807, 2.05) is 24.3 Å². The predicted molar refractivity (Wildman–Crippen MR) is 45.5 cm³/mol. The highest BCUT2D eigenvalue weighted by Gasteiger charge is 2.02. The number of carbonyl (C=O) groups excluding carboxylic acids is 1. The van der Waals surface area contributed by atoms with Gasteiger partial charge >= 0.3 is 6.41 Å². The van der Waals surface area contributed by atoms with Crippen LogP contribution in [0.15, 0.2) is 34.9 Å². The fourth-order valence-electron chi connectivity index (χ4n) is 1.14. The smallest absolute Gasteiger partial charge is 0.316 e. The Kier molecular flexibility index (Phi) is 1.55. The van der Waals surface area contributed by atoms with E-state index in [4.69, 9.17) is 4.42 Å². The minimum absolute atomic E-state index is 0.445. The third kappa shape index (κ3) is 0.955. The molecule has 1 aromatic carbocycles. The van der Waals surface area contributed by atoms with Crippen LogP contribution in [0.3, 0.4) is 0 Å². The molecule has 0 fully saturated rings. The summed E-state index contributed by atoms with van der Waals surface area (Å²) in [6.45, 7) is 0. The van der Waals surface area contributed by atoms with Crippen LogP contribution in [0.4, 0.5) is 5.88 Å². The van der Waals surface area contributed by atoms with E-state index in [2.05, 4.69) is 5.32 Å². The second-order valence-electron chi connectivity index (χ2n) is 2.38. The Balaban J connectivity index is 2.62. The number of hydrogen-bond acceptors (Lipinski definition) is 2. The number of rotatable bonds is 2. The van der Waals surface area contributed by atoms with Crippen LogP contribution >= 0.6 is 0 Å². The van der Waals surface area contributed by atoms with Gasteiger partial charge in [0, 0.05) is 10.8 Å². The van der Waals surface area contributed by atoms with Gasteiger partial charge in [0.1, 0.15) is 6.26 Å². The van der Waals surface area contributed by atoms with E-state index in [-0.39, 0.29) is 0 Å². The fraction of sp³-hybridized carbons (Fsp3) is 0. The number of nitrogens with one attached hydrogen (secondary N) is 1. The van der Waals surface area contributed by atoms with Gasteiger partial charge in [0.05, 0.1) is 0 Å². The molecule has 1 aromatic heterocycles. The van der Waals surface area contributed by atoms with Gasteiger partial charge in [0.15, 0.2) is 0 Å². The molecule has 0 aliphatic carbocycles. The number of anilines is 1. The van der Waals surface area contributed by atoms with Gasteiger partial charge in [-0.25, -0.2) is 0 Å². The van der Waals surface area contributed by atoms with E-state index in [0.717, 1.165) is 10.8 Å². The van der Waals surface area contributed by atoms with Gasteiger partial charge in [0.2, 0.25) is 5.88 Å². The molecular weight excluding hydrogens is 154 g/mol. The van der Waals surface area contributed by atoms with Gasteiger partial charge in [-0.15, -0.1) is 0 Å². The first-order valence-electron chi connectivity index (χ1n) is 3.51. The molecule has 1 amide bonds. The molecule has 1 radical (unpaired) electrons. The molecule has 1 heterocycles. The summed E-state index contributed by atoms with van der Waals surface area (Å²) < 4.78 is 5.08. The molecule has 3 heteroatoms. The zero-order valence-corrected chi connectivity index (χ0v) is 6.20. The van der Waals surface area contributed by atoms with Gasteiger partial charge < -0.3 is 4.42 Å². The Morgan fingerprint density at radius 2 is 2.17 bits per heavy atom. The molecule has 0 aliphatic heterocycles. The molecule has 0 spiro atoms. The SMILES string of the molecule is O=[C]Nc1occ2ccccc12. The van der Waals surface area contributed by atoms with Crippen LogP contribution in [0.2, 0.25) is 0 Å². The van der Waals surface area contributed by atoms with Crippen molar-refractivity contribution in [2.24, 2.45) is 0 Å². The molecule has 0 unspecified atom stereocenters. The van der Waals surface area contributed by atoms with Gasteiger partial charge in [-0.2, -0.15) is 0 Å². The Hall–Kier alpha value is -1.77. The van der Waals surface area contributed by atoms with Gasteiger partial charge in [-0.1, -0.05) is 18.2 Å². The van der Waals surface area contributed by atoms with Crippen molar-refractivity contribution >= 4 is 23.1 Å². The molecule has 12 heavy (non-hydrogen) atoms. The molecule has 2 rings (SSSR count). The lowest BCUT2D eigenvalue weighted by Crippen LogP contribution is -1.90. The maximum absolute atomic E-state index is 10.0. The maximum Gasteiger partial charge on any atom is 0.316 e.